The van der Waals surface area contributed by atoms with Gasteiger partial charge in [-0.1, -0.05) is 32.4 Å². The van der Waals surface area contributed by atoms with Crippen molar-refractivity contribution in [1.29, 1.82) is 0 Å². The first-order valence-corrected chi connectivity index (χ1v) is 6.19. The molecule has 0 unspecified atom stereocenters. The molecule has 2 heteroatoms. The van der Waals surface area contributed by atoms with Crippen molar-refractivity contribution in [1.82, 2.24) is 0 Å². The summed E-state index contributed by atoms with van der Waals surface area (Å²) in [5.74, 6) is 0.735. The largest absolute Gasteiger partial charge is 0.384 e. The molecule has 2 nitrogen and oxygen atoms in total. The molecule has 0 aromatic rings. The van der Waals surface area contributed by atoms with Gasteiger partial charge in [-0.2, -0.15) is 0 Å². The molecule has 0 bridgehead atoms. The van der Waals surface area contributed by atoms with Gasteiger partial charge in [0, 0.05) is 19.6 Å². The van der Waals surface area contributed by atoms with E-state index >= 15 is 0 Å². The molecular formula is C14H28O2. The van der Waals surface area contributed by atoms with E-state index in [0.717, 1.165) is 32.0 Å². The molecular weight excluding hydrogens is 200 g/mol. The van der Waals surface area contributed by atoms with Crippen LogP contribution in [0.25, 0.3) is 0 Å². The lowest BCUT2D eigenvalue weighted by atomic mass is 9.79. The van der Waals surface area contributed by atoms with Crippen LogP contribution in [0.5, 0.6) is 0 Å². The van der Waals surface area contributed by atoms with Gasteiger partial charge in [0.1, 0.15) is 0 Å². The molecule has 96 valence electrons. The summed E-state index contributed by atoms with van der Waals surface area (Å²) in [6.45, 7) is 8.14. The third-order valence-corrected chi connectivity index (χ3v) is 2.94. The van der Waals surface area contributed by atoms with Crippen LogP contribution < -0.4 is 0 Å². The van der Waals surface area contributed by atoms with E-state index in [2.05, 4.69) is 32.9 Å². The highest BCUT2D eigenvalue weighted by molar-refractivity contribution is 4.90. The van der Waals surface area contributed by atoms with Gasteiger partial charge in [0.25, 0.3) is 0 Å². The zero-order chi connectivity index (χ0) is 12.4. The lowest BCUT2D eigenvalue weighted by Crippen LogP contribution is -2.31. The van der Waals surface area contributed by atoms with E-state index in [0.29, 0.717) is 0 Å². The van der Waals surface area contributed by atoms with Crippen molar-refractivity contribution in [3.05, 3.63) is 12.2 Å². The average molecular weight is 228 g/mol. The van der Waals surface area contributed by atoms with Crippen molar-refractivity contribution in [2.45, 2.75) is 40.0 Å². The van der Waals surface area contributed by atoms with E-state index < -0.39 is 0 Å². The summed E-state index contributed by atoms with van der Waals surface area (Å²) < 4.78 is 10.8. The monoisotopic (exact) mass is 228 g/mol. The van der Waals surface area contributed by atoms with Crippen molar-refractivity contribution in [2.75, 3.05) is 27.4 Å². The van der Waals surface area contributed by atoms with Gasteiger partial charge in [0.15, 0.2) is 0 Å². The molecule has 0 aliphatic rings. The molecule has 0 amide bonds. The molecule has 0 atom stereocenters. The zero-order valence-corrected chi connectivity index (χ0v) is 11.6. The van der Waals surface area contributed by atoms with Gasteiger partial charge < -0.3 is 9.47 Å². The lowest BCUT2D eigenvalue weighted by Gasteiger charge is -2.32. The summed E-state index contributed by atoms with van der Waals surface area (Å²) in [4.78, 5) is 0. The maximum Gasteiger partial charge on any atom is 0.0543 e. The Balaban J connectivity index is 4.48. The summed E-state index contributed by atoms with van der Waals surface area (Å²) in [6, 6.07) is 0. The Hall–Kier alpha value is -0.340. The second-order valence-electron chi connectivity index (χ2n) is 5.07. The van der Waals surface area contributed by atoms with Crippen LogP contribution in [0.3, 0.4) is 0 Å². The molecule has 0 radical (unpaired) electrons. The van der Waals surface area contributed by atoms with Gasteiger partial charge in [-0.15, -0.1) is 0 Å². The smallest absolute Gasteiger partial charge is 0.0543 e. The summed E-state index contributed by atoms with van der Waals surface area (Å²) in [6.07, 6.45) is 7.76. The number of hydrogen-bond acceptors (Lipinski definition) is 2. The SMILES string of the molecule is C/C=C/CC(CCC(C)C)(COC)COC. The standard InChI is InChI=1S/C14H28O2/c1-6-7-9-14(11-15-4,12-16-5)10-8-13(2)3/h6-7,13H,8-12H2,1-5H3/b7-6+. The average Bonchev–Trinajstić information content (AvgIpc) is 2.24. The second-order valence-corrected chi connectivity index (χ2v) is 5.07. The van der Waals surface area contributed by atoms with Crippen LogP contribution in [-0.2, 0) is 9.47 Å². The lowest BCUT2D eigenvalue weighted by molar-refractivity contribution is 0.00305. The van der Waals surface area contributed by atoms with Crippen LogP contribution in [-0.4, -0.2) is 27.4 Å². The van der Waals surface area contributed by atoms with Gasteiger partial charge in [0.05, 0.1) is 13.2 Å². The molecule has 0 heterocycles. The first-order valence-electron chi connectivity index (χ1n) is 6.19. The number of rotatable bonds is 9. The Morgan fingerprint density at radius 3 is 2.06 bits per heavy atom. The fourth-order valence-corrected chi connectivity index (χ4v) is 1.98. The molecule has 0 aliphatic carbocycles. The molecule has 0 N–H and O–H groups in total. The summed E-state index contributed by atoms with van der Waals surface area (Å²) in [5, 5.41) is 0. The first-order chi connectivity index (χ1) is 7.60. The minimum Gasteiger partial charge on any atom is -0.384 e. The molecule has 0 aromatic carbocycles. The third-order valence-electron chi connectivity index (χ3n) is 2.94. The highest BCUT2D eigenvalue weighted by Crippen LogP contribution is 2.31. The van der Waals surface area contributed by atoms with E-state index in [9.17, 15) is 0 Å². The first kappa shape index (κ1) is 15.7. The van der Waals surface area contributed by atoms with Crippen LogP contribution in [0.1, 0.15) is 40.0 Å². The fourth-order valence-electron chi connectivity index (χ4n) is 1.98. The Labute approximate surface area is 101 Å². The van der Waals surface area contributed by atoms with E-state index in [4.69, 9.17) is 9.47 Å². The van der Waals surface area contributed by atoms with E-state index in [1.807, 2.05) is 0 Å². The fraction of sp³-hybridized carbons (Fsp3) is 0.857. The highest BCUT2D eigenvalue weighted by atomic mass is 16.5. The van der Waals surface area contributed by atoms with Crippen LogP contribution in [0.4, 0.5) is 0 Å². The summed E-state index contributed by atoms with van der Waals surface area (Å²) in [5.41, 5.74) is 0.153. The van der Waals surface area contributed by atoms with Crippen molar-refractivity contribution < 1.29 is 9.47 Å². The van der Waals surface area contributed by atoms with Crippen LogP contribution >= 0.6 is 0 Å². The zero-order valence-electron chi connectivity index (χ0n) is 11.6. The van der Waals surface area contributed by atoms with Gasteiger partial charge in [-0.05, 0) is 25.7 Å². The predicted molar refractivity (Wildman–Crippen MR) is 69.7 cm³/mol. The maximum absolute atomic E-state index is 5.38. The van der Waals surface area contributed by atoms with E-state index in [1.165, 1.54) is 6.42 Å². The Morgan fingerprint density at radius 2 is 1.69 bits per heavy atom. The van der Waals surface area contributed by atoms with Gasteiger partial charge in [0.2, 0.25) is 0 Å². The Morgan fingerprint density at radius 1 is 1.12 bits per heavy atom. The summed E-state index contributed by atoms with van der Waals surface area (Å²) >= 11 is 0. The van der Waals surface area contributed by atoms with E-state index in [-0.39, 0.29) is 5.41 Å². The van der Waals surface area contributed by atoms with Crippen LogP contribution in [0, 0.1) is 11.3 Å². The minimum atomic E-state index is 0.153. The molecule has 0 aromatic heterocycles. The molecule has 0 aliphatic heterocycles. The predicted octanol–water partition coefficient (Wildman–Crippen LogP) is 3.67. The molecule has 0 fully saturated rings. The Kier molecular flexibility index (Phi) is 8.58. The number of methoxy groups -OCH3 is 2. The highest BCUT2D eigenvalue weighted by Gasteiger charge is 2.29. The van der Waals surface area contributed by atoms with Gasteiger partial charge in [-0.3, -0.25) is 0 Å². The molecule has 0 saturated heterocycles. The molecule has 0 rings (SSSR count). The third kappa shape index (κ3) is 6.29. The number of ether oxygens (including phenoxy) is 2. The number of allylic oxidation sites excluding steroid dienone is 2. The minimum absolute atomic E-state index is 0.153. The second kappa shape index (κ2) is 8.77. The molecule has 0 saturated carbocycles. The quantitative estimate of drug-likeness (QED) is 0.561. The van der Waals surface area contributed by atoms with Crippen molar-refractivity contribution in [2.24, 2.45) is 11.3 Å². The van der Waals surface area contributed by atoms with Crippen molar-refractivity contribution >= 4 is 0 Å². The molecule has 0 spiro atoms. The molecule has 16 heavy (non-hydrogen) atoms. The normalized spacial score (nSPS) is 12.9. The van der Waals surface area contributed by atoms with Gasteiger partial charge >= 0.3 is 0 Å². The number of hydrogen-bond donors (Lipinski definition) is 0. The maximum atomic E-state index is 5.38. The van der Waals surface area contributed by atoms with Gasteiger partial charge in [-0.25, -0.2) is 0 Å². The summed E-state index contributed by atoms with van der Waals surface area (Å²) in [7, 11) is 3.55. The van der Waals surface area contributed by atoms with Crippen LogP contribution in [0.2, 0.25) is 0 Å². The van der Waals surface area contributed by atoms with Crippen molar-refractivity contribution in [3.63, 3.8) is 0 Å². The van der Waals surface area contributed by atoms with Crippen molar-refractivity contribution in [3.8, 4) is 0 Å². The Bertz CT molecular complexity index is 179. The van der Waals surface area contributed by atoms with Crippen LogP contribution in [0.15, 0.2) is 12.2 Å². The van der Waals surface area contributed by atoms with E-state index in [1.54, 1.807) is 14.2 Å². The topological polar surface area (TPSA) is 18.5 Å².